The summed E-state index contributed by atoms with van der Waals surface area (Å²) in [5.74, 6) is 1.81. The minimum Gasteiger partial charge on any atom is -0.497 e. The topological polar surface area (TPSA) is 43.8 Å². The van der Waals surface area contributed by atoms with E-state index in [0.717, 1.165) is 48.0 Å². The van der Waals surface area contributed by atoms with Gasteiger partial charge in [-0.05, 0) is 48.4 Å². The zero-order chi connectivity index (χ0) is 20.4. The van der Waals surface area contributed by atoms with Crippen LogP contribution in [0, 0.1) is 13.8 Å². The van der Waals surface area contributed by atoms with Crippen molar-refractivity contribution >= 4 is 10.8 Å². The second kappa shape index (κ2) is 8.39. The first-order valence-corrected chi connectivity index (χ1v) is 9.99. The molecule has 0 amide bonds. The number of morpholine rings is 1. The molecule has 3 aromatic rings. The Morgan fingerprint density at radius 2 is 1.86 bits per heavy atom. The van der Waals surface area contributed by atoms with Gasteiger partial charge in [-0.25, -0.2) is 0 Å². The number of ether oxygens (including phenoxy) is 3. The number of hydrogen-bond donors (Lipinski definition) is 0. The van der Waals surface area contributed by atoms with Crippen LogP contribution in [0.5, 0.6) is 11.5 Å². The van der Waals surface area contributed by atoms with Crippen molar-refractivity contribution in [1.82, 2.24) is 9.88 Å². The predicted molar refractivity (Wildman–Crippen MR) is 115 cm³/mol. The maximum atomic E-state index is 6.11. The summed E-state index contributed by atoms with van der Waals surface area (Å²) in [6.07, 6.45) is 1.96. The third-order valence-electron chi connectivity index (χ3n) is 5.72. The highest BCUT2D eigenvalue weighted by Gasteiger charge is 2.23. The second-order valence-corrected chi connectivity index (χ2v) is 7.61. The summed E-state index contributed by atoms with van der Waals surface area (Å²) in [7, 11) is 3.42. The molecule has 1 aliphatic rings. The number of pyridine rings is 1. The zero-order valence-corrected chi connectivity index (χ0v) is 17.6. The molecule has 1 atom stereocenters. The predicted octanol–water partition coefficient (Wildman–Crippen LogP) is 4.44. The third-order valence-corrected chi connectivity index (χ3v) is 5.72. The molecule has 4 rings (SSSR count). The van der Waals surface area contributed by atoms with Gasteiger partial charge in [-0.15, -0.1) is 0 Å². The molecule has 0 N–H and O–H groups in total. The standard InChI is InChI=1S/C24H28N2O3/c1-16-13-25-22(17(2)24(16)28-4)14-26-9-10-29-23(15-26)20-6-5-19-12-21(27-3)8-7-18(19)11-20/h5-8,11-13,23H,9-10,14-15H2,1-4H3. The van der Waals surface area contributed by atoms with Crippen LogP contribution in [0.15, 0.2) is 42.6 Å². The molecule has 0 saturated carbocycles. The number of benzene rings is 2. The molecule has 2 aromatic carbocycles. The van der Waals surface area contributed by atoms with Gasteiger partial charge in [0.15, 0.2) is 0 Å². The number of hydrogen-bond acceptors (Lipinski definition) is 5. The van der Waals surface area contributed by atoms with E-state index >= 15 is 0 Å². The molecule has 1 unspecified atom stereocenters. The first-order valence-electron chi connectivity index (χ1n) is 9.99. The number of aryl methyl sites for hydroxylation is 1. The summed E-state index contributed by atoms with van der Waals surface area (Å²) < 4.78 is 17.0. The number of methoxy groups -OCH3 is 2. The molecule has 0 spiro atoms. The molecule has 5 nitrogen and oxygen atoms in total. The van der Waals surface area contributed by atoms with E-state index in [9.17, 15) is 0 Å². The molecule has 1 fully saturated rings. The molecule has 0 radical (unpaired) electrons. The lowest BCUT2D eigenvalue weighted by Crippen LogP contribution is -2.38. The molecule has 1 aromatic heterocycles. The molecule has 1 saturated heterocycles. The van der Waals surface area contributed by atoms with Crippen LogP contribution in [-0.2, 0) is 11.3 Å². The van der Waals surface area contributed by atoms with Crippen LogP contribution in [0.3, 0.4) is 0 Å². The van der Waals surface area contributed by atoms with Crippen molar-refractivity contribution in [3.63, 3.8) is 0 Å². The lowest BCUT2D eigenvalue weighted by molar-refractivity contribution is -0.0333. The minimum absolute atomic E-state index is 0.0582. The van der Waals surface area contributed by atoms with Crippen molar-refractivity contribution in [3.05, 3.63) is 65.0 Å². The maximum Gasteiger partial charge on any atom is 0.128 e. The monoisotopic (exact) mass is 392 g/mol. The van der Waals surface area contributed by atoms with E-state index in [1.54, 1.807) is 14.2 Å². The molecule has 29 heavy (non-hydrogen) atoms. The average molecular weight is 392 g/mol. The van der Waals surface area contributed by atoms with Crippen molar-refractivity contribution in [2.24, 2.45) is 0 Å². The Bertz CT molecular complexity index is 1020. The van der Waals surface area contributed by atoms with E-state index in [1.807, 2.05) is 19.2 Å². The Kier molecular flexibility index (Phi) is 5.69. The molecule has 152 valence electrons. The van der Waals surface area contributed by atoms with E-state index in [4.69, 9.17) is 14.2 Å². The van der Waals surface area contributed by atoms with Crippen molar-refractivity contribution in [2.75, 3.05) is 33.9 Å². The van der Waals surface area contributed by atoms with Gasteiger partial charge in [0.05, 0.1) is 32.6 Å². The number of rotatable bonds is 5. The van der Waals surface area contributed by atoms with Gasteiger partial charge in [-0.1, -0.05) is 18.2 Å². The quantitative estimate of drug-likeness (QED) is 0.642. The number of nitrogens with zero attached hydrogens (tertiary/aromatic N) is 2. The average Bonchev–Trinajstić information content (AvgIpc) is 2.75. The van der Waals surface area contributed by atoms with Gasteiger partial charge in [-0.2, -0.15) is 0 Å². The highest BCUT2D eigenvalue weighted by Crippen LogP contribution is 2.29. The van der Waals surface area contributed by atoms with Gasteiger partial charge in [0.1, 0.15) is 11.5 Å². The molecule has 0 bridgehead atoms. The Morgan fingerprint density at radius 1 is 1.07 bits per heavy atom. The van der Waals surface area contributed by atoms with Gasteiger partial charge in [-0.3, -0.25) is 9.88 Å². The van der Waals surface area contributed by atoms with E-state index in [0.29, 0.717) is 6.61 Å². The molecule has 2 heterocycles. The fourth-order valence-electron chi connectivity index (χ4n) is 4.06. The lowest BCUT2D eigenvalue weighted by atomic mass is 10.0. The van der Waals surface area contributed by atoms with Gasteiger partial charge in [0, 0.05) is 37.0 Å². The Balaban J connectivity index is 1.52. The highest BCUT2D eigenvalue weighted by molar-refractivity contribution is 5.84. The van der Waals surface area contributed by atoms with E-state index in [-0.39, 0.29) is 6.10 Å². The summed E-state index contributed by atoms with van der Waals surface area (Å²) in [6, 6.07) is 12.7. The van der Waals surface area contributed by atoms with Crippen LogP contribution in [0.1, 0.15) is 28.5 Å². The van der Waals surface area contributed by atoms with Gasteiger partial charge in [0.2, 0.25) is 0 Å². The summed E-state index contributed by atoms with van der Waals surface area (Å²) in [4.78, 5) is 7.07. The summed E-state index contributed by atoms with van der Waals surface area (Å²) >= 11 is 0. The smallest absolute Gasteiger partial charge is 0.128 e. The van der Waals surface area contributed by atoms with Crippen LogP contribution >= 0.6 is 0 Å². The van der Waals surface area contributed by atoms with Crippen LogP contribution in [0.25, 0.3) is 10.8 Å². The minimum atomic E-state index is 0.0582. The van der Waals surface area contributed by atoms with Crippen molar-refractivity contribution < 1.29 is 14.2 Å². The largest absolute Gasteiger partial charge is 0.497 e. The number of fused-ring (bicyclic) bond motifs is 1. The van der Waals surface area contributed by atoms with Crippen molar-refractivity contribution in [1.29, 1.82) is 0 Å². The van der Waals surface area contributed by atoms with Gasteiger partial charge in [0.25, 0.3) is 0 Å². The molecular weight excluding hydrogens is 364 g/mol. The zero-order valence-electron chi connectivity index (χ0n) is 17.6. The maximum absolute atomic E-state index is 6.11. The first kappa shape index (κ1) is 19.7. The van der Waals surface area contributed by atoms with E-state index in [1.165, 1.54) is 16.3 Å². The fourth-order valence-corrected chi connectivity index (χ4v) is 4.06. The van der Waals surface area contributed by atoms with E-state index in [2.05, 4.69) is 47.1 Å². The van der Waals surface area contributed by atoms with Crippen molar-refractivity contribution in [3.8, 4) is 11.5 Å². The van der Waals surface area contributed by atoms with Crippen molar-refractivity contribution in [2.45, 2.75) is 26.5 Å². The van der Waals surface area contributed by atoms with Crippen LogP contribution in [0.4, 0.5) is 0 Å². The Hall–Kier alpha value is -2.63. The third kappa shape index (κ3) is 4.07. The van der Waals surface area contributed by atoms with Crippen LogP contribution in [0.2, 0.25) is 0 Å². The fraction of sp³-hybridized carbons (Fsp3) is 0.375. The molecule has 1 aliphatic heterocycles. The van der Waals surface area contributed by atoms with Crippen LogP contribution in [-0.4, -0.2) is 43.8 Å². The van der Waals surface area contributed by atoms with Gasteiger partial charge >= 0.3 is 0 Å². The summed E-state index contributed by atoms with van der Waals surface area (Å²) in [5.41, 5.74) is 4.47. The van der Waals surface area contributed by atoms with E-state index < -0.39 is 0 Å². The lowest BCUT2D eigenvalue weighted by Gasteiger charge is -2.33. The van der Waals surface area contributed by atoms with Crippen LogP contribution < -0.4 is 9.47 Å². The number of aromatic nitrogens is 1. The normalized spacial score (nSPS) is 17.4. The Morgan fingerprint density at radius 3 is 2.66 bits per heavy atom. The first-order chi connectivity index (χ1) is 14.1. The SMILES string of the molecule is COc1ccc2cc(C3CN(Cc4ncc(C)c(OC)c4C)CCO3)ccc2c1. The molecule has 0 aliphatic carbocycles. The summed E-state index contributed by atoms with van der Waals surface area (Å²) in [6.45, 7) is 7.38. The Labute approximate surface area is 172 Å². The molecule has 5 heteroatoms. The van der Waals surface area contributed by atoms with Gasteiger partial charge < -0.3 is 14.2 Å². The highest BCUT2D eigenvalue weighted by atomic mass is 16.5. The summed E-state index contributed by atoms with van der Waals surface area (Å²) in [5, 5.41) is 2.37. The molecular formula is C24H28N2O3. The second-order valence-electron chi connectivity index (χ2n) is 7.61.